The molecule has 0 saturated carbocycles. The van der Waals surface area contributed by atoms with Crippen molar-refractivity contribution in [3.63, 3.8) is 0 Å². The fraction of sp³-hybridized carbons (Fsp3) is 0.276. The van der Waals surface area contributed by atoms with Crippen LogP contribution in [-0.2, 0) is 16.4 Å². The predicted octanol–water partition coefficient (Wildman–Crippen LogP) is 5.87. The number of hydrogen-bond acceptors (Lipinski definition) is 5. The molecule has 0 spiro atoms. The van der Waals surface area contributed by atoms with E-state index in [0.29, 0.717) is 19.0 Å². The van der Waals surface area contributed by atoms with Crippen molar-refractivity contribution in [1.29, 1.82) is 0 Å². The Labute approximate surface area is 213 Å². The van der Waals surface area contributed by atoms with Crippen molar-refractivity contribution < 1.29 is 13.2 Å². The van der Waals surface area contributed by atoms with Crippen LogP contribution < -0.4 is 10.1 Å². The highest BCUT2D eigenvalue weighted by Gasteiger charge is 2.24. The molecule has 36 heavy (non-hydrogen) atoms. The summed E-state index contributed by atoms with van der Waals surface area (Å²) in [5.74, 6) is 1.33. The molecule has 5 rings (SSSR count). The van der Waals surface area contributed by atoms with E-state index in [0.717, 1.165) is 58.5 Å². The minimum Gasteiger partial charge on any atom is -0.497 e. The molecule has 1 saturated heterocycles. The number of sulfonamides is 1. The number of nitrogens with zero attached hydrogens (tertiary/aromatic N) is 2. The summed E-state index contributed by atoms with van der Waals surface area (Å²) >= 11 is 0. The van der Waals surface area contributed by atoms with Crippen molar-refractivity contribution in [3.05, 3.63) is 84.4 Å². The smallest absolute Gasteiger partial charge is 0.211 e. The van der Waals surface area contributed by atoms with Gasteiger partial charge in [0, 0.05) is 29.7 Å². The molecular formula is C29H31N3O3S. The second-order valence-electron chi connectivity index (χ2n) is 9.43. The highest BCUT2D eigenvalue weighted by molar-refractivity contribution is 7.88. The van der Waals surface area contributed by atoms with Gasteiger partial charge >= 0.3 is 0 Å². The van der Waals surface area contributed by atoms with Crippen LogP contribution in [0.5, 0.6) is 5.75 Å². The van der Waals surface area contributed by atoms with Crippen LogP contribution in [0.25, 0.3) is 22.2 Å². The number of pyridine rings is 1. The fourth-order valence-corrected chi connectivity index (χ4v) is 5.72. The SMILES string of the molecule is COc1ccc(-c2cc(Nc3ccc(CC4CCN(S(C)(=O)=O)CC4)cc3)c3ccccc3n2)cc1. The maximum Gasteiger partial charge on any atom is 0.211 e. The summed E-state index contributed by atoms with van der Waals surface area (Å²) in [5.41, 5.74) is 6.16. The third-order valence-corrected chi connectivity index (χ3v) is 8.20. The van der Waals surface area contributed by atoms with Crippen LogP contribution in [0.4, 0.5) is 11.4 Å². The van der Waals surface area contributed by atoms with Crippen LogP contribution in [0, 0.1) is 5.92 Å². The van der Waals surface area contributed by atoms with Gasteiger partial charge in [0.05, 0.1) is 30.3 Å². The Kier molecular flexibility index (Phi) is 6.94. The van der Waals surface area contributed by atoms with Crippen molar-refractivity contribution in [1.82, 2.24) is 9.29 Å². The first-order valence-corrected chi connectivity index (χ1v) is 14.1. The van der Waals surface area contributed by atoms with E-state index in [1.165, 1.54) is 11.8 Å². The third-order valence-electron chi connectivity index (χ3n) is 6.90. The summed E-state index contributed by atoms with van der Waals surface area (Å²) < 4.78 is 30.4. The Morgan fingerprint density at radius 3 is 2.33 bits per heavy atom. The number of piperidine rings is 1. The van der Waals surface area contributed by atoms with Crippen LogP contribution in [0.3, 0.4) is 0 Å². The lowest BCUT2D eigenvalue weighted by molar-refractivity contribution is 0.274. The molecule has 1 aliphatic heterocycles. The molecule has 6 nitrogen and oxygen atoms in total. The van der Waals surface area contributed by atoms with E-state index >= 15 is 0 Å². The second-order valence-corrected chi connectivity index (χ2v) is 11.4. The molecule has 0 unspecified atom stereocenters. The zero-order valence-corrected chi connectivity index (χ0v) is 21.5. The minimum atomic E-state index is -3.08. The Bertz CT molecular complexity index is 1440. The van der Waals surface area contributed by atoms with E-state index < -0.39 is 10.0 Å². The number of hydrogen-bond donors (Lipinski definition) is 1. The lowest BCUT2D eigenvalue weighted by atomic mass is 9.91. The van der Waals surface area contributed by atoms with Gasteiger partial charge in [0.1, 0.15) is 5.75 Å². The van der Waals surface area contributed by atoms with E-state index in [4.69, 9.17) is 9.72 Å². The molecule has 0 aliphatic carbocycles. The maximum absolute atomic E-state index is 11.8. The number of nitrogens with one attached hydrogen (secondary N) is 1. The van der Waals surface area contributed by atoms with Crippen LogP contribution in [0.2, 0.25) is 0 Å². The molecule has 0 bridgehead atoms. The average molecular weight is 502 g/mol. The van der Waals surface area contributed by atoms with Gasteiger partial charge in [0.2, 0.25) is 10.0 Å². The van der Waals surface area contributed by atoms with Crippen molar-refractivity contribution in [2.24, 2.45) is 5.92 Å². The monoisotopic (exact) mass is 501 g/mol. The fourth-order valence-electron chi connectivity index (χ4n) is 4.85. The molecule has 1 aromatic heterocycles. The van der Waals surface area contributed by atoms with Gasteiger partial charge < -0.3 is 10.1 Å². The zero-order valence-electron chi connectivity index (χ0n) is 20.6. The van der Waals surface area contributed by atoms with Crippen LogP contribution in [0.15, 0.2) is 78.9 Å². The molecule has 1 N–H and O–H groups in total. The van der Waals surface area contributed by atoms with E-state index in [9.17, 15) is 8.42 Å². The van der Waals surface area contributed by atoms with Crippen LogP contribution in [-0.4, -0.2) is 44.2 Å². The van der Waals surface area contributed by atoms with E-state index in [-0.39, 0.29) is 0 Å². The Morgan fingerprint density at radius 1 is 0.972 bits per heavy atom. The molecule has 1 aliphatic rings. The topological polar surface area (TPSA) is 71.5 Å². The van der Waals surface area contributed by atoms with Gasteiger partial charge in [0.15, 0.2) is 0 Å². The van der Waals surface area contributed by atoms with Gasteiger partial charge in [0.25, 0.3) is 0 Å². The predicted molar refractivity (Wildman–Crippen MR) is 146 cm³/mol. The van der Waals surface area contributed by atoms with Gasteiger partial charge in [-0.05, 0) is 79.3 Å². The lowest BCUT2D eigenvalue weighted by Gasteiger charge is -2.30. The first-order valence-electron chi connectivity index (χ1n) is 12.2. The number of para-hydroxylation sites is 1. The molecule has 0 radical (unpaired) electrons. The molecular weight excluding hydrogens is 470 g/mol. The van der Waals surface area contributed by atoms with Gasteiger partial charge in [-0.2, -0.15) is 0 Å². The Morgan fingerprint density at radius 2 is 1.67 bits per heavy atom. The van der Waals surface area contributed by atoms with Gasteiger partial charge in [-0.3, -0.25) is 0 Å². The first-order chi connectivity index (χ1) is 17.4. The molecule has 7 heteroatoms. The molecule has 186 valence electrons. The summed E-state index contributed by atoms with van der Waals surface area (Å²) in [6.45, 7) is 1.24. The Balaban J connectivity index is 1.32. The molecule has 2 heterocycles. The summed E-state index contributed by atoms with van der Waals surface area (Å²) in [5, 5.41) is 4.66. The molecule has 4 aromatic rings. The highest BCUT2D eigenvalue weighted by atomic mass is 32.2. The van der Waals surface area contributed by atoms with Crippen molar-refractivity contribution >= 4 is 32.3 Å². The van der Waals surface area contributed by atoms with Crippen LogP contribution in [0.1, 0.15) is 18.4 Å². The molecule has 1 fully saturated rings. The Hall–Kier alpha value is -3.42. The summed E-state index contributed by atoms with van der Waals surface area (Å²) in [6.07, 6.45) is 4.08. The largest absolute Gasteiger partial charge is 0.497 e. The van der Waals surface area contributed by atoms with Gasteiger partial charge in [-0.15, -0.1) is 0 Å². The van der Waals surface area contributed by atoms with Gasteiger partial charge in [-0.1, -0.05) is 30.3 Å². The summed E-state index contributed by atoms with van der Waals surface area (Å²) in [6, 6.07) is 26.7. The number of anilines is 2. The second kappa shape index (κ2) is 10.3. The highest BCUT2D eigenvalue weighted by Crippen LogP contribution is 2.31. The van der Waals surface area contributed by atoms with E-state index in [1.807, 2.05) is 42.5 Å². The standard InChI is InChI=1S/C29H31N3O3S/c1-35-25-13-9-23(10-14-25)28-20-29(26-5-3-4-6-27(26)31-28)30-24-11-7-21(8-12-24)19-22-15-17-32(18-16-22)36(2,33)34/h3-14,20,22H,15-19H2,1-2H3,(H,30,31). The summed E-state index contributed by atoms with van der Waals surface area (Å²) in [7, 11) is -1.42. The lowest BCUT2D eigenvalue weighted by Crippen LogP contribution is -2.38. The number of methoxy groups -OCH3 is 1. The van der Waals surface area contributed by atoms with Crippen molar-refractivity contribution in [2.75, 3.05) is 31.8 Å². The number of benzene rings is 3. The number of aromatic nitrogens is 1. The van der Waals surface area contributed by atoms with E-state index in [2.05, 4.69) is 41.7 Å². The maximum atomic E-state index is 11.8. The van der Waals surface area contributed by atoms with Crippen molar-refractivity contribution in [3.8, 4) is 17.0 Å². The minimum absolute atomic E-state index is 0.512. The number of rotatable bonds is 7. The summed E-state index contributed by atoms with van der Waals surface area (Å²) in [4.78, 5) is 4.88. The van der Waals surface area contributed by atoms with E-state index in [1.54, 1.807) is 11.4 Å². The van der Waals surface area contributed by atoms with Crippen LogP contribution >= 0.6 is 0 Å². The molecule has 3 aromatic carbocycles. The molecule has 0 atom stereocenters. The van der Waals surface area contributed by atoms with Gasteiger partial charge in [-0.25, -0.2) is 17.7 Å². The quantitative estimate of drug-likeness (QED) is 0.343. The first kappa shape index (κ1) is 24.3. The average Bonchev–Trinajstić information content (AvgIpc) is 2.89. The third kappa shape index (κ3) is 5.53. The normalized spacial score (nSPS) is 15.2. The molecule has 0 amide bonds. The zero-order chi connectivity index (χ0) is 25.1. The van der Waals surface area contributed by atoms with Crippen molar-refractivity contribution in [2.45, 2.75) is 19.3 Å². The number of fused-ring (bicyclic) bond motifs is 1. The number of ether oxygens (including phenoxy) is 1.